The van der Waals surface area contributed by atoms with E-state index in [0.717, 1.165) is 28.3 Å². The van der Waals surface area contributed by atoms with Crippen LogP contribution in [0.15, 0.2) is 30.5 Å². The van der Waals surface area contributed by atoms with Gasteiger partial charge in [-0.1, -0.05) is 6.07 Å². The summed E-state index contributed by atoms with van der Waals surface area (Å²) in [6.07, 6.45) is 1.80. The minimum absolute atomic E-state index is 0.899. The van der Waals surface area contributed by atoms with Crippen molar-refractivity contribution in [2.45, 2.75) is 13.8 Å². The standard InChI is InChI=1S/C15H18N2O/c1-10-5-6-13(15(18-4)11(10)2)14-9-12(16-3)7-8-17-14/h5-9H,1-4H3,(H,16,17). The molecule has 0 aliphatic rings. The molecule has 1 N–H and O–H groups in total. The Labute approximate surface area is 108 Å². The molecule has 2 aromatic rings. The van der Waals surface area contributed by atoms with E-state index in [9.17, 15) is 0 Å². The van der Waals surface area contributed by atoms with Crippen LogP contribution in [0, 0.1) is 13.8 Å². The zero-order valence-corrected chi connectivity index (χ0v) is 11.2. The molecule has 0 spiro atoms. The fourth-order valence-corrected chi connectivity index (χ4v) is 1.99. The van der Waals surface area contributed by atoms with E-state index in [1.165, 1.54) is 5.56 Å². The van der Waals surface area contributed by atoms with Gasteiger partial charge >= 0.3 is 0 Å². The summed E-state index contributed by atoms with van der Waals surface area (Å²) in [6.45, 7) is 4.15. The fraction of sp³-hybridized carbons (Fsp3) is 0.267. The molecule has 2 rings (SSSR count). The average Bonchev–Trinajstić information content (AvgIpc) is 2.41. The van der Waals surface area contributed by atoms with Crippen LogP contribution in [0.25, 0.3) is 11.3 Å². The van der Waals surface area contributed by atoms with E-state index in [4.69, 9.17) is 4.74 Å². The molecular formula is C15H18N2O. The van der Waals surface area contributed by atoms with Crippen molar-refractivity contribution < 1.29 is 4.74 Å². The molecule has 0 saturated heterocycles. The summed E-state index contributed by atoms with van der Waals surface area (Å²) in [5, 5.41) is 3.12. The molecule has 0 atom stereocenters. The number of ether oxygens (including phenoxy) is 1. The molecule has 0 amide bonds. The number of nitrogens with one attached hydrogen (secondary N) is 1. The zero-order chi connectivity index (χ0) is 13.1. The topological polar surface area (TPSA) is 34.2 Å². The Hall–Kier alpha value is -2.03. The van der Waals surface area contributed by atoms with Gasteiger partial charge in [-0.05, 0) is 43.2 Å². The summed E-state index contributed by atoms with van der Waals surface area (Å²) in [5.41, 5.74) is 5.37. The van der Waals surface area contributed by atoms with Gasteiger partial charge in [0.25, 0.3) is 0 Å². The summed E-state index contributed by atoms with van der Waals surface area (Å²) < 4.78 is 5.52. The number of pyridine rings is 1. The third-order valence-corrected chi connectivity index (χ3v) is 3.21. The van der Waals surface area contributed by atoms with E-state index in [-0.39, 0.29) is 0 Å². The first-order valence-electron chi connectivity index (χ1n) is 5.95. The van der Waals surface area contributed by atoms with E-state index in [1.807, 2.05) is 19.2 Å². The molecule has 1 aromatic heterocycles. The molecule has 0 fully saturated rings. The normalized spacial score (nSPS) is 10.2. The Morgan fingerprint density at radius 2 is 1.94 bits per heavy atom. The highest BCUT2D eigenvalue weighted by molar-refractivity contribution is 5.72. The second-order valence-corrected chi connectivity index (χ2v) is 4.27. The quantitative estimate of drug-likeness (QED) is 0.895. The van der Waals surface area contributed by atoms with Crippen molar-refractivity contribution in [2.75, 3.05) is 19.5 Å². The summed E-state index contributed by atoms with van der Waals surface area (Å²) in [4.78, 5) is 4.42. The summed E-state index contributed by atoms with van der Waals surface area (Å²) in [5.74, 6) is 0.899. The molecule has 3 heteroatoms. The van der Waals surface area contributed by atoms with Crippen LogP contribution < -0.4 is 10.1 Å². The van der Waals surface area contributed by atoms with Gasteiger partial charge in [-0.25, -0.2) is 0 Å². The predicted octanol–water partition coefficient (Wildman–Crippen LogP) is 3.42. The first-order valence-corrected chi connectivity index (χ1v) is 5.95. The van der Waals surface area contributed by atoms with Crippen molar-refractivity contribution in [1.29, 1.82) is 0 Å². The van der Waals surface area contributed by atoms with Crippen LogP contribution in [0.2, 0.25) is 0 Å². The van der Waals surface area contributed by atoms with Crippen LogP contribution in [0.4, 0.5) is 5.69 Å². The number of nitrogens with zero attached hydrogens (tertiary/aromatic N) is 1. The van der Waals surface area contributed by atoms with Crippen molar-refractivity contribution in [2.24, 2.45) is 0 Å². The molecule has 3 nitrogen and oxygen atoms in total. The monoisotopic (exact) mass is 242 g/mol. The largest absolute Gasteiger partial charge is 0.496 e. The summed E-state index contributed by atoms with van der Waals surface area (Å²) in [6, 6.07) is 8.12. The molecule has 94 valence electrons. The average molecular weight is 242 g/mol. The molecular weight excluding hydrogens is 224 g/mol. The lowest BCUT2D eigenvalue weighted by molar-refractivity contribution is 0.413. The first kappa shape index (κ1) is 12.4. The van der Waals surface area contributed by atoms with E-state index in [2.05, 4.69) is 36.3 Å². The Bertz CT molecular complexity index is 564. The molecule has 0 saturated carbocycles. The smallest absolute Gasteiger partial charge is 0.131 e. The van der Waals surface area contributed by atoms with E-state index >= 15 is 0 Å². The van der Waals surface area contributed by atoms with Gasteiger partial charge in [-0.15, -0.1) is 0 Å². The maximum absolute atomic E-state index is 5.52. The van der Waals surface area contributed by atoms with Crippen LogP contribution in [0.1, 0.15) is 11.1 Å². The third-order valence-electron chi connectivity index (χ3n) is 3.21. The van der Waals surface area contributed by atoms with E-state index < -0.39 is 0 Å². The van der Waals surface area contributed by atoms with Gasteiger partial charge in [-0.2, -0.15) is 0 Å². The van der Waals surface area contributed by atoms with Crippen LogP contribution in [-0.2, 0) is 0 Å². The summed E-state index contributed by atoms with van der Waals surface area (Å²) in [7, 11) is 3.60. The Balaban J connectivity index is 2.59. The number of benzene rings is 1. The molecule has 0 aliphatic heterocycles. The van der Waals surface area contributed by atoms with E-state index in [0.29, 0.717) is 0 Å². The maximum atomic E-state index is 5.52. The predicted molar refractivity (Wildman–Crippen MR) is 75.2 cm³/mol. The van der Waals surface area contributed by atoms with E-state index in [1.54, 1.807) is 13.3 Å². The van der Waals surface area contributed by atoms with Crippen molar-refractivity contribution in [3.8, 4) is 17.0 Å². The third kappa shape index (κ3) is 2.16. The molecule has 1 heterocycles. The number of aryl methyl sites for hydroxylation is 1. The van der Waals surface area contributed by atoms with Gasteiger partial charge in [0.15, 0.2) is 0 Å². The maximum Gasteiger partial charge on any atom is 0.131 e. The van der Waals surface area contributed by atoms with Gasteiger partial charge in [-0.3, -0.25) is 4.98 Å². The first-order chi connectivity index (χ1) is 8.67. The van der Waals surface area contributed by atoms with Gasteiger partial charge in [0, 0.05) is 24.5 Å². The summed E-state index contributed by atoms with van der Waals surface area (Å²) >= 11 is 0. The van der Waals surface area contributed by atoms with Crippen LogP contribution >= 0.6 is 0 Å². The zero-order valence-electron chi connectivity index (χ0n) is 11.2. The van der Waals surface area contributed by atoms with Gasteiger partial charge < -0.3 is 10.1 Å². The van der Waals surface area contributed by atoms with Crippen LogP contribution in [0.3, 0.4) is 0 Å². The van der Waals surface area contributed by atoms with Gasteiger partial charge in [0.05, 0.1) is 12.8 Å². The number of aromatic nitrogens is 1. The van der Waals surface area contributed by atoms with Crippen LogP contribution in [0.5, 0.6) is 5.75 Å². The number of rotatable bonds is 3. The van der Waals surface area contributed by atoms with Crippen molar-refractivity contribution in [3.05, 3.63) is 41.6 Å². The van der Waals surface area contributed by atoms with Gasteiger partial charge in [0.1, 0.15) is 5.75 Å². The lowest BCUT2D eigenvalue weighted by atomic mass is 10.0. The Morgan fingerprint density at radius 3 is 2.61 bits per heavy atom. The molecule has 0 radical (unpaired) electrons. The highest BCUT2D eigenvalue weighted by Crippen LogP contribution is 2.34. The number of anilines is 1. The fourth-order valence-electron chi connectivity index (χ4n) is 1.99. The highest BCUT2D eigenvalue weighted by atomic mass is 16.5. The van der Waals surface area contributed by atoms with Crippen molar-refractivity contribution >= 4 is 5.69 Å². The highest BCUT2D eigenvalue weighted by Gasteiger charge is 2.11. The minimum atomic E-state index is 0.899. The molecule has 18 heavy (non-hydrogen) atoms. The molecule has 1 aromatic carbocycles. The number of hydrogen-bond acceptors (Lipinski definition) is 3. The minimum Gasteiger partial charge on any atom is -0.496 e. The second kappa shape index (κ2) is 5.08. The van der Waals surface area contributed by atoms with Crippen LogP contribution in [-0.4, -0.2) is 19.1 Å². The second-order valence-electron chi connectivity index (χ2n) is 4.27. The molecule has 0 unspecified atom stereocenters. The number of methoxy groups -OCH3 is 1. The molecule has 0 aliphatic carbocycles. The number of hydrogen-bond donors (Lipinski definition) is 1. The molecule has 0 bridgehead atoms. The lowest BCUT2D eigenvalue weighted by Crippen LogP contribution is -1.96. The van der Waals surface area contributed by atoms with Crippen molar-refractivity contribution in [1.82, 2.24) is 4.98 Å². The lowest BCUT2D eigenvalue weighted by Gasteiger charge is -2.13. The Kier molecular flexibility index (Phi) is 3.51. The van der Waals surface area contributed by atoms with Gasteiger partial charge in [0.2, 0.25) is 0 Å². The van der Waals surface area contributed by atoms with Crippen molar-refractivity contribution in [3.63, 3.8) is 0 Å². The SMILES string of the molecule is CNc1ccnc(-c2ccc(C)c(C)c2OC)c1. The Morgan fingerprint density at radius 1 is 1.17 bits per heavy atom.